The molecule has 16 heavy (non-hydrogen) atoms. The predicted octanol–water partition coefficient (Wildman–Crippen LogP) is 2.75. The molecule has 2 aromatic rings. The zero-order chi connectivity index (χ0) is 11.4. The smallest absolute Gasteiger partial charge is 0.0539 e. The molecule has 0 aliphatic heterocycles. The Morgan fingerprint density at radius 1 is 1.44 bits per heavy atom. The third-order valence-electron chi connectivity index (χ3n) is 2.32. The first-order valence-corrected chi connectivity index (χ1v) is 6.36. The van der Waals surface area contributed by atoms with Crippen molar-refractivity contribution in [1.29, 1.82) is 0 Å². The molecule has 0 fully saturated rings. The Morgan fingerprint density at radius 2 is 2.31 bits per heavy atom. The third kappa shape index (κ3) is 2.79. The van der Waals surface area contributed by atoms with Crippen molar-refractivity contribution >= 4 is 17.4 Å². The highest BCUT2D eigenvalue weighted by Crippen LogP contribution is 2.19. The van der Waals surface area contributed by atoms with Crippen molar-refractivity contribution in [2.24, 2.45) is 7.05 Å². The van der Waals surface area contributed by atoms with Crippen LogP contribution in [0.25, 0.3) is 0 Å². The summed E-state index contributed by atoms with van der Waals surface area (Å²) in [6, 6.07) is 8.41. The fraction of sp³-hybridized carbons (Fsp3) is 0.250. The van der Waals surface area contributed by atoms with Gasteiger partial charge in [-0.25, -0.2) is 0 Å². The van der Waals surface area contributed by atoms with Crippen molar-refractivity contribution in [3.05, 3.63) is 42.2 Å². The van der Waals surface area contributed by atoms with Gasteiger partial charge in [0.1, 0.15) is 0 Å². The summed E-state index contributed by atoms with van der Waals surface area (Å²) in [7, 11) is 1.93. The molecule has 0 radical (unpaired) electrons. The predicted molar refractivity (Wildman–Crippen MR) is 68.8 cm³/mol. The molecule has 4 heteroatoms. The minimum Gasteiger partial charge on any atom is -0.381 e. The summed E-state index contributed by atoms with van der Waals surface area (Å²) in [6.45, 7) is 0.811. The molecule has 3 nitrogen and oxygen atoms in total. The molecule has 0 aliphatic carbocycles. The van der Waals surface area contributed by atoms with Crippen LogP contribution in [0.1, 0.15) is 5.56 Å². The normalized spacial score (nSPS) is 10.4. The van der Waals surface area contributed by atoms with E-state index in [1.165, 1.54) is 10.5 Å². The number of aromatic nitrogens is 2. The second-order valence-corrected chi connectivity index (χ2v) is 4.49. The summed E-state index contributed by atoms with van der Waals surface area (Å²) < 4.78 is 1.81. The van der Waals surface area contributed by atoms with E-state index in [0.717, 1.165) is 12.2 Å². The lowest BCUT2D eigenvalue weighted by atomic mass is 10.3. The molecule has 1 aromatic heterocycles. The van der Waals surface area contributed by atoms with Gasteiger partial charge in [0.25, 0.3) is 0 Å². The highest BCUT2D eigenvalue weighted by molar-refractivity contribution is 7.98. The highest BCUT2D eigenvalue weighted by atomic mass is 32.2. The number of nitrogens with zero attached hydrogens (tertiary/aromatic N) is 2. The van der Waals surface area contributed by atoms with Gasteiger partial charge in [-0.15, -0.1) is 11.8 Å². The Balaban J connectivity index is 1.99. The summed E-state index contributed by atoms with van der Waals surface area (Å²) >= 11 is 1.75. The van der Waals surface area contributed by atoms with E-state index in [1.54, 1.807) is 11.8 Å². The maximum absolute atomic E-state index is 4.14. The maximum atomic E-state index is 4.14. The lowest BCUT2D eigenvalue weighted by Crippen LogP contribution is -1.98. The van der Waals surface area contributed by atoms with Crippen LogP contribution < -0.4 is 5.32 Å². The molecule has 0 amide bonds. The van der Waals surface area contributed by atoms with E-state index in [2.05, 4.69) is 40.9 Å². The van der Waals surface area contributed by atoms with Gasteiger partial charge in [0.05, 0.1) is 6.20 Å². The summed E-state index contributed by atoms with van der Waals surface area (Å²) in [4.78, 5) is 1.27. The van der Waals surface area contributed by atoms with Gasteiger partial charge >= 0.3 is 0 Å². The Kier molecular flexibility index (Phi) is 3.51. The molecule has 1 heterocycles. The highest BCUT2D eigenvalue weighted by Gasteiger charge is 1.97. The van der Waals surface area contributed by atoms with Gasteiger partial charge in [-0.2, -0.15) is 5.10 Å². The van der Waals surface area contributed by atoms with Crippen molar-refractivity contribution in [1.82, 2.24) is 9.78 Å². The van der Waals surface area contributed by atoms with E-state index in [0.29, 0.717) is 0 Å². The molecule has 84 valence electrons. The summed E-state index contributed by atoms with van der Waals surface area (Å²) in [5.41, 5.74) is 2.34. The largest absolute Gasteiger partial charge is 0.381 e. The lowest BCUT2D eigenvalue weighted by molar-refractivity contribution is 0.767. The molecule has 0 atom stereocenters. The second-order valence-electron chi connectivity index (χ2n) is 3.61. The van der Waals surface area contributed by atoms with Crippen molar-refractivity contribution in [3.8, 4) is 0 Å². The van der Waals surface area contributed by atoms with Crippen LogP contribution in [-0.4, -0.2) is 16.0 Å². The van der Waals surface area contributed by atoms with E-state index in [1.807, 2.05) is 24.1 Å². The first-order valence-electron chi connectivity index (χ1n) is 5.13. The molecule has 1 N–H and O–H groups in total. The third-order valence-corrected chi connectivity index (χ3v) is 3.05. The van der Waals surface area contributed by atoms with Crippen LogP contribution in [0.3, 0.4) is 0 Å². The van der Waals surface area contributed by atoms with Gasteiger partial charge in [0, 0.05) is 35.9 Å². The quantitative estimate of drug-likeness (QED) is 0.824. The van der Waals surface area contributed by atoms with Crippen LogP contribution >= 0.6 is 11.8 Å². The molecule has 0 aliphatic rings. The molecular formula is C12H15N3S. The van der Waals surface area contributed by atoms with E-state index >= 15 is 0 Å². The van der Waals surface area contributed by atoms with Gasteiger partial charge in [0.15, 0.2) is 0 Å². The molecule has 0 bridgehead atoms. The van der Waals surface area contributed by atoms with Crippen molar-refractivity contribution < 1.29 is 0 Å². The van der Waals surface area contributed by atoms with Gasteiger partial charge in [-0.3, -0.25) is 4.68 Å². The second kappa shape index (κ2) is 5.07. The van der Waals surface area contributed by atoms with Crippen LogP contribution in [0.2, 0.25) is 0 Å². The number of rotatable bonds is 4. The van der Waals surface area contributed by atoms with E-state index in [4.69, 9.17) is 0 Å². The van der Waals surface area contributed by atoms with Crippen molar-refractivity contribution in [2.45, 2.75) is 11.4 Å². The first kappa shape index (κ1) is 11.1. The molecule has 0 saturated carbocycles. The van der Waals surface area contributed by atoms with Crippen molar-refractivity contribution in [2.75, 3.05) is 11.6 Å². The van der Waals surface area contributed by atoms with Crippen LogP contribution in [0.5, 0.6) is 0 Å². The molecule has 0 saturated heterocycles. The Morgan fingerprint density at radius 3 is 3.00 bits per heavy atom. The first-order chi connectivity index (χ1) is 7.78. The van der Waals surface area contributed by atoms with Gasteiger partial charge < -0.3 is 5.32 Å². The van der Waals surface area contributed by atoms with Crippen LogP contribution in [0.4, 0.5) is 5.69 Å². The van der Waals surface area contributed by atoms with E-state index in [-0.39, 0.29) is 0 Å². The zero-order valence-corrected chi connectivity index (χ0v) is 10.3. The number of anilines is 1. The maximum Gasteiger partial charge on any atom is 0.0539 e. The van der Waals surface area contributed by atoms with Gasteiger partial charge in [-0.05, 0) is 24.5 Å². The number of thioether (sulfide) groups is 1. The lowest BCUT2D eigenvalue weighted by Gasteiger charge is -2.05. The fourth-order valence-corrected chi connectivity index (χ4v) is 1.96. The Labute approximate surface area is 99.9 Å². The molecule has 0 unspecified atom stereocenters. The number of nitrogens with one attached hydrogen (secondary N) is 1. The number of benzene rings is 1. The molecule has 1 aromatic carbocycles. The van der Waals surface area contributed by atoms with Crippen LogP contribution in [0, 0.1) is 0 Å². The summed E-state index contributed by atoms with van der Waals surface area (Å²) in [6.07, 6.45) is 5.98. The minimum atomic E-state index is 0.811. The monoisotopic (exact) mass is 233 g/mol. The van der Waals surface area contributed by atoms with E-state index in [9.17, 15) is 0 Å². The fourth-order valence-electron chi connectivity index (χ4n) is 1.50. The molecule has 2 rings (SSSR count). The standard InChI is InChI=1S/C12H15N3S/c1-15-9-10(8-14-15)7-13-11-4-3-5-12(6-11)16-2/h3-6,8-9,13H,7H2,1-2H3. The topological polar surface area (TPSA) is 29.9 Å². The van der Waals surface area contributed by atoms with Gasteiger partial charge in [-0.1, -0.05) is 6.07 Å². The Bertz CT molecular complexity index is 465. The van der Waals surface area contributed by atoms with Gasteiger partial charge in [0.2, 0.25) is 0 Å². The zero-order valence-electron chi connectivity index (χ0n) is 9.47. The summed E-state index contributed by atoms with van der Waals surface area (Å²) in [5, 5.41) is 7.52. The summed E-state index contributed by atoms with van der Waals surface area (Å²) in [5.74, 6) is 0. The van der Waals surface area contributed by atoms with Crippen molar-refractivity contribution in [3.63, 3.8) is 0 Å². The number of hydrogen-bond acceptors (Lipinski definition) is 3. The molecule has 0 spiro atoms. The van der Waals surface area contributed by atoms with E-state index < -0.39 is 0 Å². The number of aryl methyl sites for hydroxylation is 1. The average Bonchev–Trinajstić information content (AvgIpc) is 2.73. The average molecular weight is 233 g/mol. The SMILES string of the molecule is CSc1cccc(NCc2cnn(C)c2)c1. The number of hydrogen-bond donors (Lipinski definition) is 1. The Hall–Kier alpha value is -1.42. The van der Waals surface area contributed by atoms with Crippen LogP contribution in [0.15, 0.2) is 41.6 Å². The molecular weight excluding hydrogens is 218 g/mol. The van der Waals surface area contributed by atoms with Crippen LogP contribution in [-0.2, 0) is 13.6 Å². The minimum absolute atomic E-state index is 0.811.